The van der Waals surface area contributed by atoms with Crippen molar-refractivity contribution in [3.63, 3.8) is 0 Å². The Morgan fingerprint density at radius 3 is 2.19 bits per heavy atom. The number of alkyl halides is 1. The van der Waals surface area contributed by atoms with Crippen LogP contribution in [0, 0.1) is 5.82 Å². The molecular weight excluding hydrogens is 387 g/mol. The predicted molar refractivity (Wildman–Crippen MR) is 94.6 cm³/mol. The molecule has 0 aliphatic heterocycles. The molecule has 0 aliphatic carbocycles. The van der Waals surface area contributed by atoms with Crippen LogP contribution in [0.25, 0.3) is 5.69 Å². The number of ether oxygens (including phenoxy) is 1. The summed E-state index contributed by atoms with van der Waals surface area (Å²) in [6, 6.07) is 10.5. The fourth-order valence-electron chi connectivity index (χ4n) is 2.22. The standard InChI is InChI=1S/C16H12ClF2N3O3.CH3F/c1-20-15(23)21(16(24)22(20)19)14-7-6-12(8-13(14)18)25-9-10-2-4-11(17)5-3-10;1-2/h2-8H,9H2,1H3;1H3. The van der Waals surface area contributed by atoms with Crippen molar-refractivity contribution >= 4 is 11.6 Å². The Morgan fingerprint density at radius 1 is 1.04 bits per heavy atom. The van der Waals surface area contributed by atoms with E-state index < -0.39 is 22.1 Å². The Kier molecular flexibility index (Phi) is 6.51. The molecule has 0 atom stereocenters. The minimum atomic E-state index is -1.29. The van der Waals surface area contributed by atoms with E-state index in [1.165, 1.54) is 12.1 Å². The molecule has 10 heteroatoms. The first kappa shape index (κ1) is 20.4. The molecule has 0 unspecified atom stereocenters. The quantitative estimate of drug-likeness (QED) is 0.675. The zero-order valence-electron chi connectivity index (χ0n) is 14.3. The van der Waals surface area contributed by atoms with Crippen molar-refractivity contribution < 1.29 is 18.0 Å². The number of rotatable bonds is 4. The third-order valence-corrected chi connectivity index (χ3v) is 3.81. The summed E-state index contributed by atoms with van der Waals surface area (Å²) in [5.41, 5.74) is -1.82. The molecule has 0 bridgehead atoms. The van der Waals surface area contributed by atoms with Gasteiger partial charge in [0.25, 0.3) is 0 Å². The second-order valence-electron chi connectivity index (χ2n) is 5.21. The number of hydrogen-bond donors (Lipinski definition) is 0. The van der Waals surface area contributed by atoms with Crippen molar-refractivity contribution in [2.75, 3.05) is 7.18 Å². The van der Waals surface area contributed by atoms with Gasteiger partial charge in [-0.15, -0.1) is 0 Å². The highest BCUT2D eigenvalue weighted by molar-refractivity contribution is 6.30. The van der Waals surface area contributed by atoms with Crippen molar-refractivity contribution in [1.82, 2.24) is 14.2 Å². The molecule has 3 aromatic rings. The van der Waals surface area contributed by atoms with E-state index in [4.69, 9.17) is 16.3 Å². The Bertz CT molecular complexity index is 1010. The van der Waals surface area contributed by atoms with Crippen LogP contribution >= 0.6 is 11.6 Å². The zero-order chi connectivity index (χ0) is 20.1. The molecule has 0 radical (unpaired) electrons. The van der Waals surface area contributed by atoms with Gasteiger partial charge in [0, 0.05) is 18.1 Å². The summed E-state index contributed by atoms with van der Waals surface area (Å²) in [5.74, 6) is -0.695. The molecule has 0 saturated carbocycles. The first-order valence-electron chi connectivity index (χ1n) is 7.50. The molecular formula is C17H15ClF3N3O3. The van der Waals surface area contributed by atoms with Crippen LogP contribution in [0.3, 0.4) is 0 Å². The SMILES string of the molecule is CF.Cn1c(=O)n(-c2ccc(OCc3ccc(Cl)cc3)cc2F)c(=O)n1F. The van der Waals surface area contributed by atoms with Crippen LogP contribution in [0.5, 0.6) is 5.75 Å². The average Bonchev–Trinajstić information content (AvgIpc) is 2.86. The minimum Gasteiger partial charge on any atom is -0.489 e. The van der Waals surface area contributed by atoms with Gasteiger partial charge in [0.15, 0.2) is 5.82 Å². The maximum atomic E-state index is 14.3. The second-order valence-corrected chi connectivity index (χ2v) is 5.65. The van der Waals surface area contributed by atoms with E-state index >= 15 is 0 Å². The summed E-state index contributed by atoms with van der Waals surface area (Å²) < 4.78 is 43.5. The lowest BCUT2D eigenvalue weighted by atomic mass is 10.2. The summed E-state index contributed by atoms with van der Waals surface area (Å²) in [6.07, 6.45) is 0. The fourth-order valence-corrected chi connectivity index (χ4v) is 2.35. The van der Waals surface area contributed by atoms with Crippen LogP contribution in [0.15, 0.2) is 52.1 Å². The van der Waals surface area contributed by atoms with Crippen molar-refractivity contribution in [1.29, 1.82) is 0 Å². The smallest absolute Gasteiger partial charge is 0.381 e. The number of aromatic nitrogens is 3. The van der Waals surface area contributed by atoms with Gasteiger partial charge in [-0.1, -0.05) is 33.1 Å². The Hall–Kier alpha value is -2.94. The van der Waals surface area contributed by atoms with Gasteiger partial charge in [0.2, 0.25) is 0 Å². The summed E-state index contributed by atoms with van der Waals surface area (Å²) in [7, 11) is 1.56. The molecule has 1 heterocycles. The molecule has 0 aliphatic rings. The van der Waals surface area contributed by atoms with Crippen molar-refractivity contribution in [2.24, 2.45) is 7.05 Å². The summed E-state index contributed by atoms with van der Waals surface area (Å²) >= 11 is 5.79. The van der Waals surface area contributed by atoms with Crippen molar-refractivity contribution in [3.05, 3.63) is 79.8 Å². The van der Waals surface area contributed by atoms with E-state index in [1.807, 2.05) is 0 Å². The van der Waals surface area contributed by atoms with E-state index in [-0.39, 0.29) is 18.0 Å². The normalized spacial score (nSPS) is 10.3. The molecule has 0 N–H and O–H groups in total. The number of hydrogen-bond acceptors (Lipinski definition) is 3. The summed E-state index contributed by atoms with van der Waals surface area (Å²) in [4.78, 5) is 23.2. The first-order valence-corrected chi connectivity index (χ1v) is 7.88. The summed E-state index contributed by atoms with van der Waals surface area (Å²) in [5, 5.41) is 0.589. The first-order chi connectivity index (χ1) is 12.9. The van der Waals surface area contributed by atoms with Crippen LogP contribution in [0.4, 0.5) is 13.3 Å². The van der Waals surface area contributed by atoms with Crippen LogP contribution in [0.1, 0.15) is 5.56 Å². The van der Waals surface area contributed by atoms with E-state index in [0.29, 0.717) is 21.4 Å². The van der Waals surface area contributed by atoms with Crippen LogP contribution in [0.2, 0.25) is 5.02 Å². The molecule has 1 aromatic heterocycles. The highest BCUT2D eigenvalue weighted by Gasteiger charge is 2.18. The minimum absolute atomic E-state index is 0.179. The fraction of sp³-hybridized carbons (Fsp3) is 0.176. The highest BCUT2D eigenvalue weighted by Crippen LogP contribution is 2.20. The van der Waals surface area contributed by atoms with Gasteiger partial charge in [-0.2, -0.15) is 0 Å². The zero-order valence-corrected chi connectivity index (χ0v) is 15.1. The van der Waals surface area contributed by atoms with E-state index in [2.05, 4.69) is 0 Å². The van der Waals surface area contributed by atoms with Crippen LogP contribution < -0.4 is 16.1 Å². The maximum absolute atomic E-state index is 14.3. The maximum Gasteiger partial charge on any atom is 0.381 e. The van der Waals surface area contributed by atoms with E-state index in [0.717, 1.165) is 18.7 Å². The van der Waals surface area contributed by atoms with Gasteiger partial charge in [-0.05, 0) is 29.8 Å². The molecule has 0 amide bonds. The van der Waals surface area contributed by atoms with Crippen LogP contribution in [-0.2, 0) is 13.7 Å². The Balaban J connectivity index is 0.00000126. The van der Waals surface area contributed by atoms with Crippen LogP contribution in [-0.4, -0.2) is 21.3 Å². The lowest BCUT2D eigenvalue weighted by molar-refractivity contribution is 0.250. The lowest BCUT2D eigenvalue weighted by Gasteiger charge is -2.08. The van der Waals surface area contributed by atoms with Gasteiger partial charge in [-0.3, -0.25) is 4.39 Å². The van der Waals surface area contributed by atoms with Gasteiger partial charge < -0.3 is 4.74 Å². The van der Waals surface area contributed by atoms with Gasteiger partial charge in [-0.25, -0.2) is 23.2 Å². The number of halogens is 4. The van der Waals surface area contributed by atoms with E-state index in [1.54, 1.807) is 24.3 Å². The number of nitrogens with zero attached hydrogens (tertiary/aromatic N) is 3. The molecule has 0 fully saturated rings. The molecule has 0 saturated heterocycles. The Morgan fingerprint density at radius 2 is 1.67 bits per heavy atom. The van der Waals surface area contributed by atoms with Gasteiger partial charge in [0.1, 0.15) is 12.4 Å². The van der Waals surface area contributed by atoms with Crippen molar-refractivity contribution in [3.8, 4) is 11.4 Å². The molecule has 0 spiro atoms. The second kappa shape index (κ2) is 8.63. The van der Waals surface area contributed by atoms with Crippen molar-refractivity contribution in [2.45, 2.75) is 6.61 Å². The molecule has 2 aromatic carbocycles. The topological polar surface area (TPSA) is 58.2 Å². The largest absolute Gasteiger partial charge is 0.489 e. The average molecular weight is 402 g/mol. The van der Waals surface area contributed by atoms with Gasteiger partial charge >= 0.3 is 11.4 Å². The predicted octanol–water partition coefficient (Wildman–Crippen LogP) is 3.03. The number of benzene rings is 2. The Labute approximate surface area is 156 Å². The highest BCUT2D eigenvalue weighted by atomic mass is 35.5. The molecule has 144 valence electrons. The molecule has 6 nitrogen and oxygen atoms in total. The van der Waals surface area contributed by atoms with E-state index in [9.17, 15) is 22.9 Å². The lowest BCUT2D eigenvalue weighted by Crippen LogP contribution is -2.27. The summed E-state index contributed by atoms with van der Waals surface area (Å²) in [6.45, 7) is 0.179. The molecule has 3 rings (SSSR count). The van der Waals surface area contributed by atoms with Gasteiger partial charge in [0.05, 0.1) is 12.9 Å². The molecule has 27 heavy (non-hydrogen) atoms. The third kappa shape index (κ3) is 4.25. The third-order valence-electron chi connectivity index (χ3n) is 3.56. The monoisotopic (exact) mass is 401 g/mol.